The molecule has 0 aliphatic heterocycles. The number of benzene rings is 1. The average Bonchev–Trinajstić information content (AvgIpc) is 2.51. The zero-order chi connectivity index (χ0) is 17.0. The Hall–Kier alpha value is -1.95. The Labute approximate surface area is 139 Å². The summed E-state index contributed by atoms with van der Waals surface area (Å²) in [6.07, 6.45) is 0. The number of aryl methyl sites for hydroxylation is 2. The molecule has 23 heavy (non-hydrogen) atoms. The number of carbonyl (C=O) groups excluding carboxylic acids is 1. The smallest absolute Gasteiger partial charge is 0.230 e. The van der Waals surface area contributed by atoms with Crippen molar-refractivity contribution in [1.82, 2.24) is 15.3 Å². The van der Waals surface area contributed by atoms with Gasteiger partial charge in [-0.1, -0.05) is 23.9 Å². The van der Waals surface area contributed by atoms with Crippen LogP contribution in [0.15, 0.2) is 29.4 Å². The van der Waals surface area contributed by atoms with E-state index < -0.39 is 0 Å². The SMILES string of the molecule is Cc1nc(SCC(=O)N[C@@H](C)c2ccc(F)cc2)nc(C)c1C. The minimum Gasteiger partial charge on any atom is -0.349 e. The van der Waals surface area contributed by atoms with Crippen molar-refractivity contribution in [2.45, 2.75) is 38.9 Å². The minimum atomic E-state index is -0.287. The number of thioether (sulfide) groups is 1. The van der Waals surface area contributed by atoms with Gasteiger partial charge in [-0.15, -0.1) is 0 Å². The number of amides is 1. The van der Waals surface area contributed by atoms with Crippen LogP contribution in [0.3, 0.4) is 0 Å². The van der Waals surface area contributed by atoms with Gasteiger partial charge in [0.1, 0.15) is 5.82 Å². The summed E-state index contributed by atoms with van der Waals surface area (Å²) < 4.78 is 12.9. The van der Waals surface area contributed by atoms with E-state index in [0.717, 1.165) is 22.5 Å². The highest BCUT2D eigenvalue weighted by atomic mass is 32.2. The number of carbonyl (C=O) groups is 1. The van der Waals surface area contributed by atoms with Crippen molar-refractivity contribution in [2.24, 2.45) is 0 Å². The maximum absolute atomic E-state index is 12.9. The zero-order valence-corrected chi connectivity index (χ0v) is 14.5. The first-order chi connectivity index (χ1) is 10.9. The molecule has 1 aromatic heterocycles. The highest BCUT2D eigenvalue weighted by Crippen LogP contribution is 2.18. The second-order valence-electron chi connectivity index (χ2n) is 5.43. The lowest BCUT2D eigenvalue weighted by molar-refractivity contribution is -0.119. The van der Waals surface area contributed by atoms with Crippen LogP contribution in [0, 0.1) is 26.6 Å². The van der Waals surface area contributed by atoms with Gasteiger partial charge < -0.3 is 5.32 Å². The molecule has 0 bridgehead atoms. The Morgan fingerprint density at radius 1 is 1.17 bits per heavy atom. The van der Waals surface area contributed by atoms with E-state index in [4.69, 9.17) is 0 Å². The van der Waals surface area contributed by atoms with Gasteiger partial charge in [-0.05, 0) is 51.0 Å². The molecular weight excluding hydrogens is 313 g/mol. The molecule has 1 N–H and O–H groups in total. The summed E-state index contributed by atoms with van der Waals surface area (Å²) >= 11 is 1.31. The summed E-state index contributed by atoms with van der Waals surface area (Å²) in [5.74, 6) is -0.149. The van der Waals surface area contributed by atoms with Crippen molar-refractivity contribution < 1.29 is 9.18 Å². The maximum atomic E-state index is 12.9. The summed E-state index contributed by atoms with van der Waals surface area (Å²) in [5, 5.41) is 3.50. The molecular formula is C17H20FN3OS. The third-order valence-electron chi connectivity index (χ3n) is 3.69. The maximum Gasteiger partial charge on any atom is 0.230 e. The first-order valence-corrected chi connectivity index (χ1v) is 8.35. The molecule has 0 spiro atoms. The fourth-order valence-electron chi connectivity index (χ4n) is 2.05. The van der Waals surface area contributed by atoms with Gasteiger partial charge >= 0.3 is 0 Å². The van der Waals surface area contributed by atoms with Crippen LogP contribution >= 0.6 is 11.8 Å². The lowest BCUT2D eigenvalue weighted by Crippen LogP contribution is -2.28. The normalized spacial score (nSPS) is 12.0. The molecule has 2 aromatic rings. The molecule has 1 amide bonds. The van der Waals surface area contributed by atoms with E-state index >= 15 is 0 Å². The summed E-state index contributed by atoms with van der Waals surface area (Å²) in [4.78, 5) is 20.8. The van der Waals surface area contributed by atoms with Gasteiger partial charge in [0.15, 0.2) is 5.16 Å². The van der Waals surface area contributed by atoms with Crippen molar-refractivity contribution in [3.8, 4) is 0 Å². The van der Waals surface area contributed by atoms with Crippen LogP contribution in [-0.4, -0.2) is 21.6 Å². The predicted molar refractivity (Wildman–Crippen MR) is 89.9 cm³/mol. The number of nitrogens with zero attached hydrogens (tertiary/aromatic N) is 2. The van der Waals surface area contributed by atoms with E-state index in [9.17, 15) is 9.18 Å². The first-order valence-electron chi connectivity index (χ1n) is 7.36. The lowest BCUT2D eigenvalue weighted by atomic mass is 10.1. The summed E-state index contributed by atoms with van der Waals surface area (Å²) in [7, 11) is 0. The van der Waals surface area contributed by atoms with E-state index in [1.165, 1.54) is 23.9 Å². The second-order valence-corrected chi connectivity index (χ2v) is 6.37. The highest BCUT2D eigenvalue weighted by Gasteiger charge is 2.12. The van der Waals surface area contributed by atoms with E-state index in [1.807, 2.05) is 27.7 Å². The number of halogens is 1. The molecule has 4 nitrogen and oxygen atoms in total. The summed E-state index contributed by atoms with van der Waals surface area (Å²) in [6.45, 7) is 7.72. The van der Waals surface area contributed by atoms with Crippen LogP contribution in [0.2, 0.25) is 0 Å². The number of nitrogens with one attached hydrogen (secondary N) is 1. The molecule has 1 heterocycles. The number of hydrogen-bond donors (Lipinski definition) is 1. The van der Waals surface area contributed by atoms with E-state index in [2.05, 4.69) is 15.3 Å². The Morgan fingerprint density at radius 2 is 1.74 bits per heavy atom. The molecule has 6 heteroatoms. The van der Waals surface area contributed by atoms with E-state index in [1.54, 1.807) is 12.1 Å². The molecule has 0 unspecified atom stereocenters. The Bertz CT molecular complexity index is 680. The standard InChI is InChI=1S/C17H20FN3OS/c1-10-11(2)20-17(21-12(10)3)23-9-16(22)19-13(4)14-5-7-15(18)8-6-14/h5-8,13H,9H2,1-4H3,(H,19,22)/t13-/m0/s1. The van der Waals surface area contributed by atoms with E-state index in [-0.39, 0.29) is 23.5 Å². The number of hydrogen-bond acceptors (Lipinski definition) is 4. The number of aromatic nitrogens is 2. The Balaban J connectivity index is 1.91. The zero-order valence-electron chi connectivity index (χ0n) is 13.7. The Morgan fingerprint density at radius 3 is 2.30 bits per heavy atom. The topological polar surface area (TPSA) is 54.9 Å². The van der Waals surface area contributed by atoms with Crippen LogP contribution in [-0.2, 0) is 4.79 Å². The third kappa shape index (κ3) is 4.76. The molecule has 1 atom stereocenters. The van der Waals surface area contributed by atoms with Gasteiger partial charge in [0.2, 0.25) is 5.91 Å². The second kappa shape index (κ2) is 7.55. The van der Waals surface area contributed by atoms with Crippen LogP contribution in [0.25, 0.3) is 0 Å². The minimum absolute atomic E-state index is 0.105. The van der Waals surface area contributed by atoms with Crippen molar-refractivity contribution in [3.63, 3.8) is 0 Å². The van der Waals surface area contributed by atoms with Crippen molar-refractivity contribution in [3.05, 3.63) is 52.6 Å². The van der Waals surface area contributed by atoms with Gasteiger partial charge in [0.05, 0.1) is 11.8 Å². The molecule has 0 saturated heterocycles. The van der Waals surface area contributed by atoms with Gasteiger partial charge in [0, 0.05) is 11.4 Å². The van der Waals surface area contributed by atoms with Crippen LogP contribution in [0.5, 0.6) is 0 Å². The third-order valence-corrected chi connectivity index (χ3v) is 4.54. The molecule has 0 aliphatic rings. The fraction of sp³-hybridized carbons (Fsp3) is 0.353. The largest absolute Gasteiger partial charge is 0.349 e. The molecule has 122 valence electrons. The molecule has 0 saturated carbocycles. The first kappa shape index (κ1) is 17.4. The van der Waals surface area contributed by atoms with Gasteiger partial charge in [-0.25, -0.2) is 14.4 Å². The predicted octanol–water partition coefficient (Wildman–Crippen LogP) is 3.51. The van der Waals surface area contributed by atoms with Crippen molar-refractivity contribution in [1.29, 1.82) is 0 Å². The number of rotatable bonds is 5. The lowest BCUT2D eigenvalue weighted by Gasteiger charge is -2.14. The average molecular weight is 333 g/mol. The van der Waals surface area contributed by atoms with Crippen LogP contribution < -0.4 is 5.32 Å². The molecule has 0 aliphatic carbocycles. The Kier molecular flexibility index (Phi) is 5.71. The fourth-order valence-corrected chi connectivity index (χ4v) is 2.80. The van der Waals surface area contributed by atoms with Crippen LogP contribution in [0.4, 0.5) is 4.39 Å². The van der Waals surface area contributed by atoms with Gasteiger partial charge in [0.25, 0.3) is 0 Å². The molecule has 1 aromatic carbocycles. The van der Waals surface area contributed by atoms with Gasteiger partial charge in [-0.2, -0.15) is 0 Å². The van der Waals surface area contributed by atoms with Crippen molar-refractivity contribution in [2.75, 3.05) is 5.75 Å². The van der Waals surface area contributed by atoms with E-state index in [0.29, 0.717) is 5.16 Å². The molecule has 0 fully saturated rings. The molecule has 2 rings (SSSR count). The molecule has 0 radical (unpaired) electrons. The van der Waals surface area contributed by atoms with Crippen LogP contribution in [0.1, 0.15) is 35.5 Å². The van der Waals surface area contributed by atoms with Gasteiger partial charge in [-0.3, -0.25) is 4.79 Å². The highest BCUT2D eigenvalue weighted by molar-refractivity contribution is 7.99. The quantitative estimate of drug-likeness (QED) is 0.672. The summed E-state index contributed by atoms with van der Waals surface area (Å²) in [6, 6.07) is 5.94. The monoisotopic (exact) mass is 333 g/mol. The summed E-state index contributed by atoms with van der Waals surface area (Å²) in [5.41, 5.74) is 3.80. The van der Waals surface area contributed by atoms with Crippen molar-refractivity contribution >= 4 is 17.7 Å².